The van der Waals surface area contributed by atoms with Gasteiger partial charge in [0.1, 0.15) is 5.82 Å². The smallest absolute Gasteiger partial charge is 0.311 e. The summed E-state index contributed by atoms with van der Waals surface area (Å²) in [5, 5.41) is 9.29. The largest absolute Gasteiger partial charge is 0.481 e. The third-order valence-electron chi connectivity index (χ3n) is 3.89. The maximum Gasteiger partial charge on any atom is 0.311 e. The number of carboxylic acid groups (broad SMARTS) is 1. The Balaban J connectivity index is 2.14. The molecule has 1 aromatic carbocycles. The Labute approximate surface area is 106 Å². The fourth-order valence-electron chi connectivity index (χ4n) is 2.45. The van der Waals surface area contributed by atoms with E-state index in [9.17, 15) is 14.3 Å². The molecule has 0 aromatic heterocycles. The number of carboxylic acids is 1. The summed E-state index contributed by atoms with van der Waals surface area (Å²) in [5.41, 5.74) is 0.829. The zero-order chi connectivity index (χ0) is 13.3. The number of rotatable bonds is 4. The van der Waals surface area contributed by atoms with Gasteiger partial charge in [0.05, 0.1) is 5.41 Å². The summed E-state index contributed by atoms with van der Waals surface area (Å²) in [5.74, 6) is -0.955. The Kier molecular flexibility index (Phi) is 3.28. The molecule has 0 bridgehead atoms. The lowest BCUT2D eigenvalue weighted by Crippen LogP contribution is -2.46. The van der Waals surface area contributed by atoms with Crippen LogP contribution in [0.2, 0.25) is 0 Å². The van der Waals surface area contributed by atoms with Gasteiger partial charge in [-0.25, -0.2) is 4.39 Å². The van der Waals surface area contributed by atoms with E-state index in [4.69, 9.17) is 0 Å². The second kappa shape index (κ2) is 4.59. The summed E-state index contributed by atoms with van der Waals surface area (Å²) >= 11 is 0. The molecule has 1 aliphatic rings. The maximum absolute atomic E-state index is 13.2. The lowest BCUT2D eigenvalue weighted by Gasteiger charge is -2.41. The molecule has 0 radical (unpaired) electrons. The molecule has 4 heteroatoms. The summed E-state index contributed by atoms with van der Waals surface area (Å²) in [6.07, 6.45) is 2.43. The molecular formula is C14H18FNO2. The van der Waals surface area contributed by atoms with Crippen LogP contribution in [-0.2, 0) is 4.79 Å². The van der Waals surface area contributed by atoms with Crippen molar-refractivity contribution in [3.05, 3.63) is 29.6 Å². The average molecular weight is 251 g/mol. The topological polar surface area (TPSA) is 40.5 Å². The second-order valence-electron chi connectivity index (χ2n) is 5.23. The molecule has 0 unspecified atom stereocenters. The predicted molar refractivity (Wildman–Crippen MR) is 68.3 cm³/mol. The van der Waals surface area contributed by atoms with Crippen LogP contribution in [0.15, 0.2) is 18.2 Å². The number of nitrogens with zero attached hydrogens (tertiary/aromatic N) is 1. The molecule has 0 atom stereocenters. The molecule has 98 valence electrons. The first kappa shape index (κ1) is 12.9. The van der Waals surface area contributed by atoms with Crippen LogP contribution >= 0.6 is 0 Å². The normalized spacial score (nSPS) is 17.1. The van der Waals surface area contributed by atoms with Gasteiger partial charge in [0.25, 0.3) is 0 Å². The van der Waals surface area contributed by atoms with Crippen LogP contribution in [0.4, 0.5) is 10.1 Å². The molecule has 0 aliphatic heterocycles. The first-order chi connectivity index (χ1) is 8.44. The fraction of sp³-hybridized carbons (Fsp3) is 0.500. The second-order valence-corrected chi connectivity index (χ2v) is 5.23. The summed E-state index contributed by atoms with van der Waals surface area (Å²) in [6, 6.07) is 4.87. The van der Waals surface area contributed by atoms with Gasteiger partial charge in [-0.15, -0.1) is 0 Å². The highest BCUT2D eigenvalue weighted by Crippen LogP contribution is 2.42. The molecule has 1 aliphatic carbocycles. The van der Waals surface area contributed by atoms with Gasteiger partial charge in [0, 0.05) is 19.3 Å². The van der Waals surface area contributed by atoms with Gasteiger partial charge in [0.15, 0.2) is 0 Å². The molecule has 1 N–H and O–H groups in total. The van der Waals surface area contributed by atoms with Gasteiger partial charge in [-0.1, -0.05) is 6.42 Å². The van der Waals surface area contributed by atoms with E-state index in [1.807, 2.05) is 11.9 Å². The van der Waals surface area contributed by atoms with E-state index in [1.165, 1.54) is 6.07 Å². The molecule has 1 fully saturated rings. The van der Waals surface area contributed by atoms with Crippen LogP contribution < -0.4 is 4.90 Å². The van der Waals surface area contributed by atoms with Crippen LogP contribution in [0.3, 0.4) is 0 Å². The lowest BCUT2D eigenvalue weighted by atomic mass is 9.68. The lowest BCUT2D eigenvalue weighted by molar-refractivity contribution is -0.153. The van der Waals surface area contributed by atoms with E-state index in [-0.39, 0.29) is 5.82 Å². The first-order valence-corrected chi connectivity index (χ1v) is 6.15. The van der Waals surface area contributed by atoms with Crippen molar-refractivity contribution in [2.24, 2.45) is 5.41 Å². The van der Waals surface area contributed by atoms with Crippen molar-refractivity contribution in [1.82, 2.24) is 0 Å². The van der Waals surface area contributed by atoms with Gasteiger partial charge in [0.2, 0.25) is 0 Å². The minimum Gasteiger partial charge on any atom is -0.481 e. The van der Waals surface area contributed by atoms with Gasteiger partial charge >= 0.3 is 5.97 Å². The van der Waals surface area contributed by atoms with Gasteiger partial charge in [-0.05, 0) is 43.5 Å². The van der Waals surface area contributed by atoms with Crippen molar-refractivity contribution in [3.8, 4) is 0 Å². The quantitative estimate of drug-likeness (QED) is 0.894. The van der Waals surface area contributed by atoms with Crippen molar-refractivity contribution < 1.29 is 14.3 Å². The predicted octanol–water partition coefficient (Wildman–Crippen LogP) is 2.83. The molecule has 0 saturated heterocycles. The number of anilines is 1. The SMILES string of the molecule is Cc1cc(N(C)CC2(C(=O)O)CCC2)ccc1F. The zero-order valence-corrected chi connectivity index (χ0v) is 10.7. The average Bonchev–Trinajstić information content (AvgIpc) is 2.26. The van der Waals surface area contributed by atoms with E-state index >= 15 is 0 Å². The maximum atomic E-state index is 13.2. The van der Waals surface area contributed by atoms with Crippen LogP contribution in [-0.4, -0.2) is 24.7 Å². The standard InChI is InChI=1S/C14H18FNO2/c1-10-8-11(4-5-12(10)15)16(2)9-14(13(17)18)6-3-7-14/h4-5,8H,3,6-7,9H2,1-2H3,(H,17,18). The monoisotopic (exact) mass is 251 g/mol. The molecule has 1 aromatic rings. The van der Waals surface area contributed by atoms with Crippen LogP contribution in [0, 0.1) is 18.2 Å². The summed E-state index contributed by atoms with van der Waals surface area (Å²) in [6.45, 7) is 2.19. The number of aliphatic carboxylic acids is 1. The van der Waals surface area contributed by atoms with Crippen molar-refractivity contribution in [3.63, 3.8) is 0 Å². The minimum absolute atomic E-state index is 0.233. The summed E-state index contributed by atoms with van der Waals surface area (Å²) in [7, 11) is 1.86. The Morgan fingerprint density at radius 2 is 2.17 bits per heavy atom. The molecular weight excluding hydrogens is 233 g/mol. The number of halogens is 1. The number of hydrogen-bond acceptors (Lipinski definition) is 2. The van der Waals surface area contributed by atoms with E-state index in [1.54, 1.807) is 19.1 Å². The van der Waals surface area contributed by atoms with E-state index in [0.717, 1.165) is 24.9 Å². The molecule has 0 spiro atoms. The molecule has 2 rings (SSSR count). The summed E-state index contributed by atoms with van der Waals surface area (Å²) in [4.78, 5) is 13.2. The number of carbonyl (C=O) groups is 1. The third-order valence-corrected chi connectivity index (χ3v) is 3.89. The molecule has 1 saturated carbocycles. The minimum atomic E-state index is -0.723. The molecule has 0 heterocycles. The van der Waals surface area contributed by atoms with Crippen molar-refractivity contribution >= 4 is 11.7 Å². The van der Waals surface area contributed by atoms with Gasteiger partial charge in [-0.2, -0.15) is 0 Å². The highest BCUT2D eigenvalue weighted by molar-refractivity contribution is 5.76. The highest BCUT2D eigenvalue weighted by Gasteiger charge is 2.45. The highest BCUT2D eigenvalue weighted by atomic mass is 19.1. The fourth-order valence-corrected chi connectivity index (χ4v) is 2.45. The Morgan fingerprint density at radius 3 is 2.61 bits per heavy atom. The van der Waals surface area contributed by atoms with Crippen molar-refractivity contribution in [1.29, 1.82) is 0 Å². The molecule has 18 heavy (non-hydrogen) atoms. The Hall–Kier alpha value is -1.58. The van der Waals surface area contributed by atoms with Crippen LogP contribution in [0.5, 0.6) is 0 Å². The molecule has 3 nitrogen and oxygen atoms in total. The van der Waals surface area contributed by atoms with Crippen LogP contribution in [0.1, 0.15) is 24.8 Å². The third kappa shape index (κ3) is 2.19. The molecule has 0 amide bonds. The number of benzene rings is 1. The Morgan fingerprint density at radius 1 is 1.50 bits per heavy atom. The first-order valence-electron chi connectivity index (χ1n) is 6.15. The Bertz CT molecular complexity index is 469. The summed E-state index contributed by atoms with van der Waals surface area (Å²) < 4.78 is 13.2. The number of hydrogen-bond donors (Lipinski definition) is 1. The van der Waals surface area contributed by atoms with E-state index in [0.29, 0.717) is 12.1 Å². The number of aryl methyl sites for hydroxylation is 1. The van der Waals surface area contributed by atoms with Crippen LogP contribution in [0.25, 0.3) is 0 Å². The van der Waals surface area contributed by atoms with E-state index in [2.05, 4.69) is 0 Å². The van der Waals surface area contributed by atoms with E-state index < -0.39 is 11.4 Å². The van der Waals surface area contributed by atoms with Crippen molar-refractivity contribution in [2.75, 3.05) is 18.5 Å². The van der Waals surface area contributed by atoms with Crippen molar-refractivity contribution in [2.45, 2.75) is 26.2 Å². The zero-order valence-electron chi connectivity index (χ0n) is 10.7. The van der Waals surface area contributed by atoms with Gasteiger partial charge in [-0.3, -0.25) is 4.79 Å². The van der Waals surface area contributed by atoms with Gasteiger partial charge < -0.3 is 10.0 Å².